The van der Waals surface area contributed by atoms with Crippen LogP contribution in [0.1, 0.15) is 19.3 Å². The van der Waals surface area contributed by atoms with Gasteiger partial charge in [-0.25, -0.2) is 0 Å². The molecule has 3 aliphatic carbocycles. The lowest BCUT2D eigenvalue weighted by molar-refractivity contribution is 0.439. The predicted molar refractivity (Wildman–Crippen MR) is 37.0 cm³/mol. The highest BCUT2D eigenvalue weighted by Crippen LogP contribution is 2.61. The Labute approximate surface area is 56.0 Å². The largest absolute Gasteiger partial charge is 0.0880 e. The number of hydrogen-bond acceptors (Lipinski definition) is 0. The lowest BCUT2D eigenvalue weighted by atomic mass is 9.90. The van der Waals surface area contributed by atoms with E-state index in [2.05, 4.69) is 12.2 Å². The van der Waals surface area contributed by atoms with Gasteiger partial charge < -0.3 is 0 Å². The third-order valence-electron chi connectivity index (χ3n) is 3.44. The van der Waals surface area contributed by atoms with E-state index in [4.69, 9.17) is 0 Å². The van der Waals surface area contributed by atoms with Crippen LogP contribution >= 0.6 is 0 Å². The average Bonchev–Trinajstić information content (AvgIpc) is 2.62. The molecule has 3 rings (SSSR count). The monoisotopic (exact) mass is 120 g/mol. The Balaban J connectivity index is 2.02. The van der Waals surface area contributed by atoms with Gasteiger partial charge >= 0.3 is 0 Å². The van der Waals surface area contributed by atoms with Crippen molar-refractivity contribution in [3.63, 3.8) is 0 Å². The average molecular weight is 120 g/mol. The van der Waals surface area contributed by atoms with E-state index in [9.17, 15) is 0 Å². The van der Waals surface area contributed by atoms with Gasteiger partial charge in [0.2, 0.25) is 0 Å². The van der Waals surface area contributed by atoms with Gasteiger partial charge in [0.1, 0.15) is 0 Å². The summed E-state index contributed by atoms with van der Waals surface area (Å²) in [6, 6.07) is 0. The number of rotatable bonds is 0. The van der Waals surface area contributed by atoms with Crippen molar-refractivity contribution in [3.05, 3.63) is 12.2 Å². The zero-order chi connectivity index (χ0) is 5.84. The van der Waals surface area contributed by atoms with Crippen molar-refractivity contribution >= 4 is 0 Å². The van der Waals surface area contributed by atoms with Crippen LogP contribution in [0.3, 0.4) is 0 Å². The van der Waals surface area contributed by atoms with Crippen molar-refractivity contribution in [2.24, 2.45) is 23.7 Å². The van der Waals surface area contributed by atoms with Crippen LogP contribution in [0.4, 0.5) is 0 Å². The first-order chi connectivity index (χ1) is 4.45. The molecular weight excluding hydrogens is 108 g/mol. The summed E-state index contributed by atoms with van der Waals surface area (Å²) in [6.45, 7) is 0. The van der Waals surface area contributed by atoms with E-state index in [-0.39, 0.29) is 0 Å². The SMILES string of the molecule is C1=C[C@@H]2C[C@H](C1)[C@H]1C[C@H]12. The summed E-state index contributed by atoms with van der Waals surface area (Å²) < 4.78 is 0. The second-order valence-corrected chi connectivity index (χ2v) is 3.89. The van der Waals surface area contributed by atoms with E-state index in [1.54, 1.807) is 6.42 Å². The van der Waals surface area contributed by atoms with Crippen LogP contribution in [0.25, 0.3) is 0 Å². The molecule has 0 amide bonds. The lowest BCUT2D eigenvalue weighted by Crippen LogP contribution is -2.04. The predicted octanol–water partition coefficient (Wildman–Crippen LogP) is 2.22. The molecule has 0 heterocycles. The van der Waals surface area contributed by atoms with E-state index in [0.717, 1.165) is 17.8 Å². The summed E-state index contributed by atoms with van der Waals surface area (Å²) in [6.07, 6.45) is 9.38. The van der Waals surface area contributed by atoms with Crippen LogP contribution in [0.2, 0.25) is 0 Å². The molecule has 0 aliphatic heterocycles. The second-order valence-electron chi connectivity index (χ2n) is 3.89. The van der Waals surface area contributed by atoms with Gasteiger partial charge in [-0.15, -0.1) is 0 Å². The third-order valence-corrected chi connectivity index (χ3v) is 3.44. The number of hydrogen-bond donors (Lipinski definition) is 0. The highest BCUT2D eigenvalue weighted by atomic mass is 14.6. The van der Waals surface area contributed by atoms with E-state index in [1.165, 1.54) is 18.8 Å². The first-order valence-electron chi connectivity index (χ1n) is 4.12. The molecule has 0 radical (unpaired) electrons. The quantitative estimate of drug-likeness (QED) is 0.430. The molecule has 9 heavy (non-hydrogen) atoms. The molecule has 0 aromatic rings. The molecule has 2 bridgehead atoms. The van der Waals surface area contributed by atoms with Crippen LogP contribution in [-0.4, -0.2) is 0 Å². The van der Waals surface area contributed by atoms with Gasteiger partial charge in [0.15, 0.2) is 0 Å². The standard InChI is InChI=1S/C9H12/c1-2-6-4-7(3-1)9-5-8(6)9/h1-2,6-9H,3-5H2/t6-,7+,8+,9-/m1/s1. The lowest BCUT2D eigenvalue weighted by Gasteiger charge is -2.15. The first kappa shape index (κ1) is 4.54. The molecule has 4 atom stereocenters. The Bertz CT molecular complexity index is 169. The normalized spacial score (nSPS) is 59.6. The molecule has 0 spiro atoms. The van der Waals surface area contributed by atoms with E-state index in [1.807, 2.05) is 0 Å². The zero-order valence-corrected chi connectivity index (χ0v) is 5.59. The minimum Gasteiger partial charge on any atom is -0.0880 e. The van der Waals surface area contributed by atoms with Gasteiger partial charge in [-0.2, -0.15) is 0 Å². The fourth-order valence-corrected chi connectivity index (χ4v) is 2.89. The van der Waals surface area contributed by atoms with E-state index < -0.39 is 0 Å². The first-order valence-corrected chi connectivity index (χ1v) is 4.12. The fraction of sp³-hybridized carbons (Fsp3) is 0.778. The minimum absolute atomic E-state index is 1.02. The molecule has 0 saturated heterocycles. The summed E-state index contributed by atoms with van der Waals surface area (Å²) in [7, 11) is 0. The van der Waals surface area contributed by atoms with Gasteiger partial charge in [0.05, 0.1) is 0 Å². The maximum atomic E-state index is 2.47. The Morgan fingerprint density at radius 3 is 2.89 bits per heavy atom. The van der Waals surface area contributed by atoms with Crippen LogP contribution < -0.4 is 0 Å². The van der Waals surface area contributed by atoms with Gasteiger partial charge in [0, 0.05) is 0 Å². The molecule has 0 unspecified atom stereocenters. The maximum absolute atomic E-state index is 2.47. The molecule has 0 nitrogen and oxygen atoms in total. The van der Waals surface area contributed by atoms with Gasteiger partial charge in [0.25, 0.3) is 0 Å². The van der Waals surface area contributed by atoms with Gasteiger partial charge in [-0.05, 0) is 42.9 Å². The smallest absolute Gasteiger partial charge is 0.0199 e. The molecule has 3 aliphatic rings. The highest BCUT2D eigenvalue weighted by Gasteiger charge is 2.53. The molecule has 2 saturated carbocycles. The summed E-state index contributed by atoms with van der Waals surface area (Å²) in [5, 5.41) is 0. The Kier molecular flexibility index (Phi) is 0.633. The minimum atomic E-state index is 1.02. The highest BCUT2D eigenvalue weighted by molar-refractivity contribution is 5.14. The van der Waals surface area contributed by atoms with Crippen molar-refractivity contribution in [2.75, 3.05) is 0 Å². The molecule has 0 N–H and O–H groups in total. The maximum Gasteiger partial charge on any atom is -0.0199 e. The summed E-state index contributed by atoms with van der Waals surface area (Å²) in [5.74, 6) is 4.46. The Morgan fingerprint density at radius 1 is 1.11 bits per heavy atom. The summed E-state index contributed by atoms with van der Waals surface area (Å²) in [5.41, 5.74) is 0. The van der Waals surface area contributed by atoms with Crippen molar-refractivity contribution in [2.45, 2.75) is 19.3 Å². The third kappa shape index (κ3) is 0.452. The van der Waals surface area contributed by atoms with Crippen molar-refractivity contribution < 1.29 is 0 Å². The summed E-state index contributed by atoms with van der Waals surface area (Å²) in [4.78, 5) is 0. The molecule has 0 aromatic carbocycles. The molecule has 0 aromatic heterocycles. The fourth-order valence-electron chi connectivity index (χ4n) is 2.89. The van der Waals surface area contributed by atoms with Crippen LogP contribution in [0.15, 0.2) is 12.2 Å². The van der Waals surface area contributed by atoms with E-state index >= 15 is 0 Å². The second kappa shape index (κ2) is 1.25. The molecule has 2 fully saturated rings. The number of allylic oxidation sites excluding steroid dienone is 2. The summed E-state index contributed by atoms with van der Waals surface area (Å²) >= 11 is 0. The van der Waals surface area contributed by atoms with Crippen molar-refractivity contribution in [3.8, 4) is 0 Å². The van der Waals surface area contributed by atoms with Crippen LogP contribution in [0, 0.1) is 23.7 Å². The Hall–Kier alpha value is -0.260. The number of fused-ring (bicyclic) bond motifs is 5. The molecular formula is C9H12. The van der Waals surface area contributed by atoms with Gasteiger partial charge in [-0.1, -0.05) is 12.2 Å². The Morgan fingerprint density at radius 2 is 2.11 bits per heavy atom. The van der Waals surface area contributed by atoms with Crippen LogP contribution in [-0.2, 0) is 0 Å². The van der Waals surface area contributed by atoms with Gasteiger partial charge in [-0.3, -0.25) is 0 Å². The van der Waals surface area contributed by atoms with Crippen molar-refractivity contribution in [1.82, 2.24) is 0 Å². The molecule has 0 heteroatoms. The zero-order valence-electron chi connectivity index (χ0n) is 5.59. The van der Waals surface area contributed by atoms with Crippen LogP contribution in [0.5, 0.6) is 0 Å². The van der Waals surface area contributed by atoms with E-state index in [0.29, 0.717) is 0 Å². The topological polar surface area (TPSA) is 0 Å². The van der Waals surface area contributed by atoms with Crippen molar-refractivity contribution in [1.29, 1.82) is 0 Å². The molecule has 48 valence electrons.